The molecule has 2 aromatic rings. The number of amides is 1. The van der Waals surface area contributed by atoms with E-state index in [2.05, 4.69) is 21.2 Å². The maximum atomic E-state index is 13.8. The van der Waals surface area contributed by atoms with E-state index in [-0.39, 0.29) is 22.1 Å². The molecule has 6 heteroatoms. The zero-order valence-corrected chi connectivity index (χ0v) is 13.5. The average Bonchev–Trinajstić information content (AvgIpc) is 2.37. The molecule has 0 saturated heterocycles. The first-order chi connectivity index (χ1) is 9.90. The zero-order chi connectivity index (χ0) is 15.6. The van der Waals surface area contributed by atoms with Crippen molar-refractivity contribution in [2.24, 2.45) is 5.73 Å². The summed E-state index contributed by atoms with van der Waals surface area (Å²) < 4.78 is 14.6. The molecule has 1 amide bonds. The van der Waals surface area contributed by atoms with Crippen LogP contribution in [0.2, 0.25) is 0 Å². The highest BCUT2D eigenvalue weighted by Gasteiger charge is 2.15. The van der Waals surface area contributed by atoms with Gasteiger partial charge in [0, 0.05) is 10.0 Å². The van der Waals surface area contributed by atoms with Crippen LogP contribution in [0, 0.1) is 12.7 Å². The maximum absolute atomic E-state index is 13.8. The van der Waals surface area contributed by atoms with E-state index in [1.54, 1.807) is 18.2 Å². The van der Waals surface area contributed by atoms with E-state index in [9.17, 15) is 9.18 Å². The Morgan fingerprint density at radius 1 is 1.33 bits per heavy atom. The van der Waals surface area contributed by atoms with Crippen molar-refractivity contribution in [3.8, 4) is 0 Å². The lowest BCUT2D eigenvalue weighted by molar-refractivity contribution is 0.102. The average molecular weight is 367 g/mol. The van der Waals surface area contributed by atoms with E-state index in [1.165, 1.54) is 12.1 Å². The number of hydrogen-bond donors (Lipinski definition) is 2. The number of carbonyl (C=O) groups is 1. The van der Waals surface area contributed by atoms with Crippen LogP contribution in [0.4, 0.5) is 10.1 Å². The first-order valence-corrected chi connectivity index (χ1v) is 7.26. The Morgan fingerprint density at radius 3 is 2.67 bits per heavy atom. The van der Waals surface area contributed by atoms with Gasteiger partial charge in [0.2, 0.25) is 0 Å². The fourth-order valence-corrected chi connectivity index (χ4v) is 2.63. The van der Waals surface area contributed by atoms with E-state index in [1.807, 2.05) is 13.0 Å². The Kier molecular flexibility index (Phi) is 4.69. The van der Waals surface area contributed by atoms with Gasteiger partial charge in [-0.05, 0) is 42.8 Å². The van der Waals surface area contributed by atoms with Crippen LogP contribution in [0.3, 0.4) is 0 Å². The second-order valence-electron chi connectivity index (χ2n) is 4.44. The van der Waals surface area contributed by atoms with Crippen molar-refractivity contribution in [1.29, 1.82) is 0 Å². The molecular weight excluding hydrogens is 355 g/mol. The number of rotatable bonds is 3. The predicted octanol–water partition coefficient (Wildman–Crippen LogP) is 3.78. The summed E-state index contributed by atoms with van der Waals surface area (Å²) in [7, 11) is 0. The van der Waals surface area contributed by atoms with E-state index in [0.717, 1.165) is 10.0 Å². The fraction of sp³-hybridized carbons (Fsp3) is 0.0667. The lowest BCUT2D eigenvalue weighted by Gasteiger charge is -2.12. The smallest absolute Gasteiger partial charge is 0.255 e. The molecule has 108 valence electrons. The Morgan fingerprint density at radius 2 is 2.05 bits per heavy atom. The van der Waals surface area contributed by atoms with Gasteiger partial charge in [-0.3, -0.25) is 4.79 Å². The summed E-state index contributed by atoms with van der Waals surface area (Å²) in [5, 5.41) is 2.65. The van der Waals surface area contributed by atoms with Gasteiger partial charge < -0.3 is 11.1 Å². The van der Waals surface area contributed by atoms with Gasteiger partial charge in [0.1, 0.15) is 10.8 Å². The van der Waals surface area contributed by atoms with Crippen molar-refractivity contribution < 1.29 is 9.18 Å². The number of nitrogens with two attached hydrogens (primary N) is 1. The highest BCUT2D eigenvalue weighted by Crippen LogP contribution is 2.21. The summed E-state index contributed by atoms with van der Waals surface area (Å²) in [6.45, 7) is 1.82. The molecule has 3 N–H and O–H groups in total. The normalized spacial score (nSPS) is 10.2. The molecule has 0 unspecified atom stereocenters. The number of thiocarbonyl (C=S) groups is 1. The number of nitrogens with one attached hydrogen (secondary N) is 1. The molecule has 0 heterocycles. The number of aryl methyl sites for hydroxylation is 1. The predicted molar refractivity (Wildman–Crippen MR) is 89.1 cm³/mol. The Hall–Kier alpha value is -1.79. The number of halogens is 2. The summed E-state index contributed by atoms with van der Waals surface area (Å²) in [5.41, 5.74) is 7.11. The van der Waals surface area contributed by atoms with Crippen molar-refractivity contribution in [2.45, 2.75) is 6.92 Å². The van der Waals surface area contributed by atoms with Crippen LogP contribution in [0.5, 0.6) is 0 Å². The van der Waals surface area contributed by atoms with Gasteiger partial charge in [0.05, 0.1) is 11.3 Å². The Labute approximate surface area is 135 Å². The summed E-state index contributed by atoms with van der Waals surface area (Å²) in [6.07, 6.45) is 0. The quantitative estimate of drug-likeness (QED) is 0.812. The van der Waals surface area contributed by atoms with Crippen LogP contribution in [-0.2, 0) is 0 Å². The molecule has 0 aliphatic carbocycles. The minimum absolute atomic E-state index is 0.0376. The number of anilines is 1. The van der Waals surface area contributed by atoms with Crippen LogP contribution in [0.1, 0.15) is 21.5 Å². The summed E-state index contributed by atoms with van der Waals surface area (Å²) >= 11 is 8.17. The van der Waals surface area contributed by atoms with Crippen LogP contribution >= 0.6 is 28.1 Å². The van der Waals surface area contributed by atoms with Gasteiger partial charge in [-0.25, -0.2) is 4.39 Å². The van der Waals surface area contributed by atoms with Crippen molar-refractivity contribution >= 4 is 44.7 Å². The molecule has 0 atom stereocenters. The van der Waals surface area contributed by atoms with Gasteiger partial charge in [-0.15, -0.1) is 0 Å². The first-order valence-electron chi connectivity index (χ1n) is 6.06. The largest absolute Gasteiger partial charge is 0.389 e. The summed E-state index contributed by atoms with van der Waals surface area (Å²) in [5.74, 6) is -0.907. The Bertz CT molecular complexity index is 734. The van der Waals surface area contributed by atoms with Gasteiger partial charge in [0.25, 0.3) is 5.91 Å². The van der Waals surface area contributed by atoms with Crippen LogP contribution < -0.4 is 11.1 Å². The second kappa shape index (κ2) is 6.32. The summed E-state index contributed by atoms with van der Waals surface area (Å²) in [6, 6.07) is 9.57. The first kappa shape index (κ1) is 15.6. The molecule has 0 saturated carbocycles. The number of hydrogen-bond acceptors (Lipinski definition) is 2. The third-order valence-corrected chi connectivity index (χ3v) is 3.64. The minimum atomic E-state index is -0.562. The molecule has 0 spiro atoms. The molecule has 0 aromatic heterocycles. The highest BCUT2D eigenvalue weighted by molar-refractivity contribution is 9.10. The van der Waals surface area contributed by atoms with Crippen molar-refractivity contribution in [3.63, 3.8) is 0 Å². The van der Waals surface area contributed by atoms with Crippen molar-refractivity contribution in [1.82, 2.24) is 0 Å². The van der Waals surface area contributed by atoms with Crippen molar-refractivity contribution in [3.05, 3.63) is 63.4 Å². The number of benzene rings is 2. The lowest BCUT2D eigenvalue weighted by Crippen LogP contribution is -2.19. The SMILES string of the molecule is Cc1cc(Br)ccc1C(=O)Nc1cccc(F)c1C(N)=S. The minimum Gasteiger partial charge on any atom is -0.389 e. The van der Waals surface area contributed by atoms with Gasteiger partial charge in [0.15, 0.2) is 0 Å². The van der Waals surface area contributed by atoms with Gasteiger partial charge in [-0.1, -0.05) is 34.2 Å². The molecule has 0 aliphatic rings. The van der Waals surface area contributed by atoms with Crippen LogP contribution in [0.25, 0.3) is 0 Å². The lowest BCUT2D eigenvalue weighted by atomic mass is 10.1. The van der Waals surface area contributed by atoms with Crippen LogP contribution in [-0.4, -0.2) is 10.9 Å². The molecule has 2 rings (SSSR count). The Balaban J connectivity index is 2.36. The highest BCUT2D eigenvalue weighted by atomic mass is 79.9. The third kappa shape index (κ3) is 3.46. The monoisotopic (exact) mass is 366 g/mol. The van der Waals surface area contributed by atoms with E-state index < -0.39 is 5.82 Å². The fourth-order valence-electron chi connectivity index (χ4n) is 1.95. The molecular formula is C15H12BrFN2OS. The molecule has 0 fully saturated rings. The van der Waals surface area contributed by atoms with E-state index in [0.29, 0.717) is 5.56 Å². The van der Waals surface area contributed by atoms with Gasteiger partial charge >= 0.3 is 0 Å². The molecule has 21 heavy (non-hydrogen) atoms. The molecule has 3 nitrogen and oxygen atoms in total. The third-order valence-electron chi connectivity index (χ3n) is 2.94. The standard InChI is InChI=1S/C15H12BrFN2OS/c1-8-7-9(16)5-6-10(8)15(20)19-12-4-2-3-11(17)13(12)14(18)21/h2-7H,1H3,(H2,18,21)(H,19,20). The van der Waals surface area contributed by atoms with E-state index in [4.69, 9.17) is 18.0 Å². The van der Waals surface area contributed by atoms with E-state index >= 15 is 0 Å². The zero-order valence-electron chi connectivity index (χ0n) is 11.1. The maximum Gasteiger partial charge on any atom is 0.255 e. The van der Waals surface area contributed by atoms with Gasteiger partial charge in [-0.2, -0.15) is 0 Å². The van der Waals surface area contributed by atoms with Crippen molar-refractivity contribution in [2.75, 3.05) is 5.32 Å². The number of carbonyl (C=O) groups excluding carboxylic acids is 1. The summed E-state index contributed by atoms with van der Waals surface area (Å²) in [4.78, 5) is 12.2. The molecule has 0 aliphatic heterocycles. The van der Waals surface area contributed by atoms with Crippen LogP contribution in [0.15, 0.2) is 40.9 Å². The molecule has 0 bridgehead atoms. The molecule has 2 aromatic carbocycles. The topological polar surface area (TPSA) is 55.1 Å². The molecule has 0 radical (unpaired) electrons. The second-order valence-corrected chi connectivity index (χ2v) is 5.80.